The molecule has 0 spiro atoms. The van der Waals surface area contributed by atoms with Crippen LogP contribution in [0, 0.1) is 0 Å². The van der Waals surface area contributed by atoms with Gasteiger partial charge in [0.25, 0.3) is 11.8 Å². The van der Waals surface area contributed by atoms with E-state index in [0.717, 1.165) is 12.1 Å². The molecule has 0 atom stereocenters. The van der Waals surface area contributed by atoms with Crippen molar-refractivity contribution in [3.63, 3.8) is 0 Å². The van der Waals surface area contributed by atoms with E-state index < -0.39 is 11.7 Å². The molecule has 0 saturated carbocycles. The van der Waals surface area contributed by atoms with Gasteiger partial charge >= 0.3 is 6.18 Å². The molecule has 1 aliphatic heterocycles. The van der Waals surface area contributed by atoms with Crippen LogP contribution in [-0.2, 0) is 17.5 Å². The number of hydrogen-bond acceptors (Lipinski definition) is 7. The number of amides is 2. The second-order valence-corrected chi connectivity index (χ2v) is 10.2. The maximum atomic E-state index is 13.1. The Hall–Kier alpha value is -4.65. The Morgan fingerprint density at radius 1 is 0.867 bits per heavy atom. The summed E-state index contributed by atoms with van der Waals surface area (Å²) < 4.78 is 52.4. The third-order valence-electron chi connectivity index (χ3n) is 6.95. The largest absolute Gasteiger partial charge is 0.456 e. The Morgan fingerprint density at radius 3 is 2.31 bits per heavy atom. The summed E-state index contributed by atoms with van der Waals surface area (Å²) in [5, 5.41) is 3.39. The number of anilines is 2. The van der Waals surface area contributed by atoms with Crippen LogP contribution in [0.15, 0.2) is 85.3 Å². The smallest absolute Gasteiger partial charge is 0.416 e. The number of alkyl halides is 3. The van der Waals surface area contributed by atoms with Gasteiger partial charge in [0.15, 0.2) is 5.82 Å². The molecule has 0 aliphatic carbocycles. The number of halogens is 5. The predicted molar refractivity (Wildman–Crippen MR) is 164 cm³/mol. The highest BCUT2D eigenvalue weighted by atomic mass is 35.5. The number of ether oxygens (including phenoxy) is 2. The maximum absolute atomic E-state index is 13.1. The van der Waals surface area contributed by atoms with Crippen molar-refractivity contribution in [1.82, 2.24) is 19.4 Å². The van der Waals surface area contributed by atoms with Gasteiger partial charge in [-0.3, -0.25) is 14.5 Å². The molecule has 1 aliphatic rings. The zero-order valence-corrected chi connectivity index (χ0v) is 24.8. The Morgan fingerprint density at radius 2 is 1.60 bits per heavy atom. The van der Waals surface area contributed by atoms with Gasteiger partial charge in [0.05, 0.1) is 47.0 Å². The van der Waals surface area contributed by atoms with E-state index in [1.807, 2.05) is 16.8 Å². The fourth-order valence-corrected chi connectivity index (χ4v) is 5.05. The molecule has 0 fully saturated rings. The zero-order chi connectivity index (χ0) is 30.8. The van der Waals surface area contributed by atoms with E-state index in [1.165, 1.54) is 23.4 Å². The topological polar surface area (TPSA) is 98.6 Å². The first kappa shape index (κ1) is 31.8. The van der Waals surface area contributed by atoms with Crippen LogP contribution in [0.25, 0.3) is 11.0 Å². The lowest BCUT2D eigenvalue weighted by atomic mass is 10.1. The molecule has 0 saturated heterocycles. The van der Waals surface area contributed by atoms with E-state index in [2.05, 4.69) is 15.3 Å². The summed E-state index contributed by atoms with van der Waals surface area (Å²) in [7, 11) is 0. The van der Waals surface area contributed by atoms with Crippen molar-refractivity contribution in [3.8, 4) is 11.5 Å². The molecule has 3 heterocycles. The number of benzene rings is 3. The number of carbonyl (C=O) groups is 2. The Bertz CT molecular complexity index is 1850. The standard InChI is InChI=1S/C31H23ClF3N5O4.ClH/c32-24-17-20(8-9-26(24)44-21-5-3-4-19(16-21)31(33,34)35)38-28-27-25(36-18-37-28)10-11-39(27)12-14-43-15-13-40-29(41)22-6-1-2-7-23(22)30(40)42;/h1-11,16-18H,12-15H2,(H,36,37,38);1H. The van der Waals surface area contributed by atoms with E-state index in [-0.39, 0.29) is 53.9 Å². The molecular formula is C31H24Cl2F3N5O4. The molecule has 5 aromatic rings. The van der Waals surface area contributed by atoms with Gasteiger partial charge < -0.3 is 19.4 Å². The van der Waals surface area contributed by atoms with E-state index in [9.17, 15) is 22.8 Å². The minimum atomic E-state index is -4.49. The second-order valence-electron chi connectivity index (χ2n) is 9.78. The molecule has 45 heavy (non-hydrogen) atoms. The number of imide groups is 1. The highest BCUT2D eigenvalue weighted by Crippen LogP contribution is 2.36. The second kappa shape index (κ2) is 13.1. The van der Waals surface area contributed by atoms with Crippen molar-refractivity contribution in [1.29, 1.82) is 0 Å². The summed E-state index contributed by atoms with van der Waals surface area (Å²) in [6.07, 6.45) is -1.23. The minimum absolute atomic E-state index is 0. The van der Waals surface area contributed by atoms with Gasteiger partial charge in [-0.15, -0.1) is 12.4 Å². The molecule has 3 aromatic carbocycles. The number of fused-ring (bicyclic) bond motifs is 2. The van der Waals surface area contributed by atoms with Crippen molar-refractivity contribution >= 4 is 58.4 Å². The average Bonchev–Trinajstić information content (AvgIpc) is 3.53. The van der Waals surface area contributed by atoms with E-state index >= 15 is 0 Å². The summed E-state index contributed by atoms with van der Waals surface area (Å²) in [5.74, 6) is 0.0334. The van der Waals surface area contributed by atoms with Gasteiger partial charge in [0.1, 0.15) is 23.3 Å². The number of rotatable bonds is 10. The van der Waals surface area contributed by atoms with E-state index in [1.54, 1.807) is 42.5 Å². The first-order valence-corrected chi connectivity index (χ1v) is 13.8. The lowest BCUT2D eigenvalue weighted by Gasteiger charge is -2.15. The molecular weight excluding hydrogens is 634 g/mol. The van der Waals surface area contributed by atoms with Gasteiger partial charge in [-0.25, -0.2) is 9.97 Å². The molecule has 0 unspecified atom stereocenters. The highest BCUT2D eigenvalue weighted by molar-refractivity contribution is 6.32. The van der Waals surface area contributed by atoms with Crippen LogP contribution in [-0.4, -0.2) is 51.0 Å². The molecule has 0 radical (unpaired) electrons. The first-order valence-electron chi connectivity index (χ1n) is 13.4. The van der Waals surface area contributed by atoms with Crippen LogP contribution in [0.5, 0.6) is 11.5 Å². The first-order chi connectivity index (χ1) is 21.2. The Labute approximate surface area is 266 Å². The number of aromatic nitrogens is 3. The molecule has 232 valence electrons. The zero-order valence-electron chi connectivity index (χ0n) is 23.3. The summed E-state index contributed by atoms with van der Waals surface area (Å²) in [6, 6.07) is 17.9. The summed E-state index contributed by atoms with van der Waals surface area (Å²) in [5.41, 5.74) is 1.93. The Kier molecular flexibility index (Phi) is 9.28. The summed E-state index contributed by atoms with van der Waals surface area (Å²) in [4.78, 5) is 34.9. The van der Waals surface area contributed by atoms with Crippen molar-refractivity contribution in [2.75, 3.05) is 25.1 Å². The third kappa shape index (κ3) is 6.72. The predicted octanol–water partition coefficient (Wildman–Crippen LogP) is 7.37. The van der Waals surface area contributed by atoms with Gasteiger partial charge in [-0.2, -0.15) is 13.2 Å². The third-order valence-corrected chi connectivity index (χ3v) is 7.24. The molecule has 1 N–H and O–H groups in total. The van der Waals surface area contributed by atoms with E-state index in [4.69, 9.17) is 21.1 Å². The van der Waals surface area contributed by atoms with Crippen LogP contribution in [0.3, 0.4) is 0 Å². The van der Waals surface area contributed by atoms with E-state index in [0.29, 0.717) is 46.8 Å². The van der Waals surface area contributed by atoms with Crippen LogP contribution in [0.4, 0.5) is 24.7 Å². The fourth-order valence-electron chi connectivity index (χ4n) is 4.83. The fraction of sp³-hybridized carbons (Fsp3) is 0.161. The highest BCUT2D eigenvalue weighted by Gasteiger charge is 2.34. The SMILES string of the molecule is Cl.O=C1c2ccccc2C(=O)N1CCOCCn1ccc2ncnc(Nc3ccc(Oc4cccc(C(F)(F)F)c4)c(Cl)c3)c21. The van der Waals surface area contributed by atoms with Crippen molar-refractivity contribution < 1.29 is 32.2 Å². The molecule has 9 nitrogen and oxygen atoms in total. The molecule has 0 bridgehead atoms. The molecule has 6 rings (SSSR count). The number of carbonyl (C=O) groups excluding carboxylic acids is 2. The van der Waals surface area contributed by atoms with Crippen LogP contribution in [0.1, 0.15) is 26.3 Å². The quantitative estimate of drug-likeness (QED) is 0.124. The van der Waals surface area contributed by atoms with Gasteiger partial charge in [-0.1, -0.05) is 29.8 Å². The van der Waals surface area contributed by atoms with Crippen LogP contribution >= 0.6 is 24.0 Å². The van der Waals surface area contributed by atoms with Crippen molar-refractivity contribution in [3.05, 3.63) is 107 Å². The van der Waals surface area contributed by atoms with Crippen LogP contribution in [0.2, 0.25) is 5.02 Å². The number of hydrogen-bond donors (Lipinski definition) is 1. The number of nitrogens with one attached hydrogen (secondary N) is 1. The van der Waals surface area contributed by atoms with Crippen molar-refractivity contribution in [2.24, 2.45) is 0 Å². The average molecular weight is 658 g/mol. The van der Waals surface area contributed by atoms with Crippen molar-refractivity contribution in [2.45, 2.75) is 12.7 Å². The number of nitrogens with zero attached hydrogens (tertiary/aromatic N) is 4. The monoisotopic (exact) mass is 657 g/mol. The van der Waals surface area contributed by atoms with Gasteiger partial charge in [-0.05, 0) is 54.6 Å². The normalized spacial score (nSPS) is 12.8. The van der Waals surface area contributed by atoms with Gasteiger partial charge in [0.2, 0.25) is 0 Å². The maximum Gasteiger partial charge on any atom is 0.416 e. The summed E-state index contributed by atoms with van der Waals surface area (Å²) in [6.45, 7) is 1.06. The lowest BCUT2D eigenvalue weighted by molar-refractivity contribution is -0.137. The molecule has 2 aromatic heterocycles. The van der Waals surface area contributed by atoms with Gasteiger partial charge in [0, 0.05) is 18.4 Å². The van der Waals surface area contributed by atoms with Crippen LogP contribution < -0.4 is 10.1 Å². The minimum Gasteiger partial charge on any atom is -0.456 e. The molecule has 2 amide bonds. The summed E-state index contributed by atoms with van der Waals surface area (Å²) >= 11 is 6.41. The lowest BCUT2D eigenvalue weighted by Crippen LogP contribution is -2.33. The Balaban J connectivity index is 0.00000400. The molecule has 14 heteroatoms.